The van der Waals surface area contributed by atoms with E-state index in [9.17, 15) is 24.4 Å². The number of hydrogen-bond donors (Lipinski definition) is 2. The Morgan fingerprint density at radius 2 is 1.95 bits per heavy atom. The molecule has 0 aliphatic heterocycles. The van der Waals surface area contributed by atoms with Crippen LogP contribution in [0.15, 0.2) is 24.3 Å². The molecule has 9 heteroatoms. The molecule has 0 heterocycles. The predicted molar refractivity (Wildman–Crippen MR) is 71.5 cm³/mol. The van der Waals surface area contributed by atoms with Crippen molar-refractivity contribution >= 4 is 34.8 Å². The van der Waals surface area contributed by atoms with Crippen LogP contribution in [-0.2, 0) is 4.79 Å². The summed E-state index contributed by atoms with van der Waals surface area (Å²) in [6.07, 6.45) is -1.38. The summed E-state index contributed by atoms with van der Waals surface area (Å²) in [7, 11) is 0. The number of aliphatic hydroxyl groups excluding tert-OH is 1. The van der Waals surface area contributed by atoms with Gasteiger partial charge in [0.05, 0.1) is 11.0 Å². The second-order valence-electron chi connectivity index (χ2n) is 3.86. The van der Waals surface area contributed by atoms with Gasteiger partial charge < -0.3 is 10.4 Å². The van der Waals surface area contributed by atoms with Crippen LogP contribution in [-0.4, -0.2) is 33.5 Å². The van der Waals surface area contributed by atoms with Crippen molar-refractivity contribution in [3.63, 3.8) is 0 Å². The molecule has 0 fully saturated rings. The minimum Gasteiger partial charge on any atom is -0.386 e. The summed E-state index contributed by atoms with van der Waals surface area (Å²) < 4.78 is 12.9. The number of alkyl halides is 3. The molecule has 0 bridgehead atoms. The molecule has 1 aromatic rings. The van der Waals surface area contributed by atoms with Crippen molar-refractivity contribution in [1.29, 1.82) is 0 Å². The molecular weight excluding hydrogens is 314 g/mol. The lowest BCUT2D eigenvalue weighted by Crippen LogP contribution is -2.43. The van der Waals surface area contributed by atoms with Crippen LogP contribution in [0.5, 0.6) is 0 Å². The van der Waals surface area contributed by atoms with E-state index in [1.54, 1.807) is 0 Å². The SMILES string of the molecule is O=C(N[C@H](CF)[C@H](O)c1ccc([N+](=O)[O-])cc1)C(Cl)Cl. The predicted octanol–water partition coefficient (Wildman–Crippen LogP) is 1.89. The van der Waals surface area contributed by atoms with E-state index < -0.39 is 34.5 Å². The van der Waals surface area contributed by atoms with Gasteiger partial charge in [0.1, 0.15) is 12.8 Å². The van der Waals surface area contributed by atoms with Crippen LogP contribution >= 0.6 is 23.2 Å². The van der Waals surface area contributed by atoms with Crippen LogP contribution in [0, 0.1) is 10.1 Å². The first-order valence-electron chi connectivity index (χ1n) is 5.43. The summed E-state index contributed by atoms with van der Waals surface area (Å²) in [6.45, 7) is -1.05. The largest absolute Gasteiger partial charge is 0.386 e. The fraction of sp³-hybridized carbons (Fsp3) is 0.364. The molecule has 1 aromatic carbocycles. The minimum absolute atomic E-state index is 0.164. The lowest BCUT2D eigenvalue weighted by molar-refractivity contribution is -0.384. The molecule has 6 nitrogen and oxygen atoms in total. The Morgan fingerprint density at radius 3 is 2.35 bits per heavy atom. The van der Waals surface area contributed by atoms with Gasteiger partial charge in [-0.2, -0.15) is 0 Å². The van der Waals surface area contributed by atoms with Crippen LogP contribution in [0.4, 0.5) is 10.1 Å². The third-order valence-corrected chi connectivity index (χ3v) is 2.92. The number of carbonyl (C=O) groups is 1. The molecule has 0 unspecified atom stereocenters. The molecule has 2 atom stereocenters. The molecule has 0 aromatic heterocycles. The number of hydrogen-bond acceptors (Lipinski definition) is 4. The van der Waals surface area contributed by atoms with E-state index in [0.29, 0.717) is 0 Å². The van der Waals surface area contributed by atoms with Crippen molar-refractivity contribution in [2.75, 3.05) is 6.67 Å². The highest BCUT2D eigenvalue weighted by Crippen LogP contribution is 2.21. The Morgan fingerprint density at radius 1 is 1.40 bits per heavy atom. The summed E-state index contributed by atoms with van der Waals surface area (Å²) in [4.78, 5) is 19.8. The highest BCUT2D eigenvalue weighted by Gasteiger charge is 2.25. The minimum atomic E-state index is -1.38. The van der Waals surface area contributed by atoms with E-state index in [4.69, 9.17) is 23.2 Å². The van der Waals surface area contributed by atoms with E-state index >= 15 is 0 Å². The highest BCUT2D eigenvalue weighted by atomic mass is 35.5. The van der Waals surface area contributed by atoms with Crippen LogP contribution in [0.25, 0.3) is 0 Å². The first-order chi connectivity index (χ1) is 9.36. The van der Waals surface area contributed by atoms with E-state index in [1.165, 1.54) is 24.3 Å². The normalized spacial score (nSPS) is 13.8. The molecule has 0 aliphatic carbocycles. The summed E-state index contributed by atoms with van der Waals surface area (Å²) >= 11 is 10.6. The van der Waals surface area contributed by atoms with E-state index in [-0.39, 0.29) is 11.3 Å². The topological polar surface area (TPSA) is 92.5 Å². The average molecular weight is 325 g/mol. The molecule has 20 heavy (non-hydrogen) atoms. The van der Waals surface area contributed by atoms with Crippen LogP contribution in [0.3, 0.4) is 0 Å². The molecule has 0 spiro atoms. The molecule has 110 valence electrons. The van der Waals surface area contributed by atoms with Gasteiger partial charge in [0.25, 0.3) is 11.6 Å². The number of rotatable bonds is 6. The van der Waals surface area contributed by atoms with E-state index in [1.807, 2.05) is 0 Å². The highest BCUT2D eigenvalue weighted by molar-refractivity contribution is 6.53. The van der Waals surface area contributed by atoms with Gasteiger partial charge in [-0.25, -0.2) is 4.39 Å². The fourth-order valence-corrected chi connectivity index (χ4v) is 1.60. The molecule has 0 saturated heterocycles. The third-order valence-electron chi connectivity index (χ3n) is 2.52. The first kappa shape index (κ1) is 16.6. The van der Waals surface area contributed by atoms with E-state index in [0.717, 1.165) is 0 Å². The maximum atomic E-state index is 12.9. The number of nitro benzene ring substituents is 1. The van der Waals surface area contributed by atoms with Crippen LogP contribution in [0.2, 0.25) is 0 Å². The van der Waals surface area contributed by atoms with Crippen molar-refractivity contribution in [3.8, 4) is 0 Å². The molecule has 2 N–H and O–H groups in total. The monoisotopic (exact) mass is 324 g/mol. The number of nitro groups is 1. The maximum Gasteiger partial charge on any atom is 0.269 e. The maximum absolute atomic E-state index is 12.9. The van der Waals surface area contributed by atoms with Crippen molar-refractivity contribution < 1.29 is 19.2 Å². The van der Waals surface area contributed by atoms with Gasteiger partial charge in [0.15, 0.2) is 4.84 Å². The molecule has 1 rings (SSSR count). The average Bonchev–Trinajstić information content (AvgIpc) is 2.43. The number of halogens is 3. The van der Waals surface area contributed by atoms with Gasteiger partial charge in [-0.3, -0.25) is 14.9 Å². The molecule has 1 amide bonds. The van der Waals surface area contributed by atoms with Gasteiger partial charge in [0, 0.05) is 12.1 Å². The van der Waals surface area contributed by atoms with Crippen LogP contribution < -0.4 is 5.32 Å². The summed E-state index contributed by atoms with van der Waals surface area (Å²) in [6, 6.07) is 3.64. The number of nitrogens with one attached hydrogen (secondary N) is 1. The van der Waals surface area contributed by atoms with Gasteiger partial charge >= 0.3 is 0 Å². The molecule has 0 saturated carbocycles. The second-order valence-corrected chi connectivity index (χ2v) is 4.96. The zero-order valence-electron chi connectivity index (χ0n) is 10.0. The van der Waals surface area contributed by atoms with E-state index in [2.05, 4.69) is 5.32 Å². The second kappa shape index (κ2) is 7.37. The van der Waals surface area contributed by atoms with Gasteiger partial charge in [0.2, 0.25) is 0 Å². The Labute approximate surface area is 123 Å². The standard InChI is InChI=1S/C11H11Cl2FN2O4/c12-10(13)11(18)15-8(5-14)9(17)6-1-3-7(4-2-6)16(19)20/h1-4,8-10,17H,5H2,(H,15,18)/t8-,9-/m1/s1. The summed E-state index contributed by atoms with van der Waals surface area (Å²) in [5, 5.41) is 22.6. The fourth-order valence-electron chi connectivity index (χ4n) is 1.47. The number of benzene rings is 1. The lowest BCUT2D eigenvalue weighted by Gasteiger charge is -2.22. The number of aliphatic hydroxyl groups is 1. The number of amides is 1. The quantitative estimate of drug-likeness (QED) is 0.474. The van der Waals surface area contributed by atoms with Gasteiger partial charge in [-0.15, -0.1) is 0 Å². The van der Waals surface area contributed by atoms with Crippen molar-refractivity contribution in [1.82, 2.24) is 5.32 Å². The van der Waals surface area contributed by atoms with Crippen molar-refractivity contribution in [3.05, 3.63) is 39.9 Å². The van der Waals surface area contributed by atoms with Crippen LogP contribution in [0.1, 0.15) is 11.7 Å². The third kappa shape index (κ3) is 4.29. The Bertz CT molecular complexity index is 484. The van der Waals surface area contributed by atoms with Gasteiger partial charge in [-0.1, -0.05) is 23.2 Å². The zero-order chi connectivity index (χ0) is 15.3. The van der Waals surface area contributed by atoms with Crippen molar-refractivity contribution in [2.24, 2.45) is 0 Å². The zero-order valence-corrected chi connectivity index (χ0v) is 11.5. The number of nitrogens with zero attached hydrogens (tertiary/aromatic N) is 1. The molecule has 0 radical (unpaired) electrons. The Kier molecular flexibility index (Phi) is 6.12. The van der Waals surface area contributed by atoms with Gasteiger partial charge in [-0.05, 0) is 17.7 Å². The Balaban J connectivity index is 2.82. The molecular formula is C11H11Cl2FN2O4. The first-order valence-corrected chi connectivity index (χ1v) is 6.31. The number of carbonyl (C=O) groups excluding carboxylic acids is 1. The lowest BCUT2D eigenvalue weighted by atomic mass is 10.0. The number of non-ortho nitro benzene ring substituents is 1. The molecule has 0 aliphatic rings. The smallest absolute Gasteiger partial charge is 0.269 e. The van der Waals surface area contributed by atoms with Crippen molar-refractivity contribution in [2.45, 2.75) is 17.0 Å². The Hall–Kier alpha value is -1.44. The summed E-state index contributed by atoms with van der Waals surface area (Å²) in [5.41, 5.74) is 0.0580. The summed E-state index contributed by atoms with van der Waals surface area (Å²) in [5.74, 6) is -0.836.